The largest absolute Gasteiger partial charge is 0.497 e. The molecule has 0 radical (unpaired) electrons. The lowest BCUT2D eigenvalue weighted by atomic mass is 10.2. The summed E-state index contributed by atoms with van der Waals surface area (Å²) in [5.41, 5.74) is 1.59. The molecule has 0 saturated heterocycles. The monoisotopic (exact) mass is 310 g/mol. The van der Waals surface area contributed by atoms with Crippen LogP contribution in [0, 0.1) is 0 Å². The minimum absolute atomic E-state index is 0.211. The van der Waals surface area contributed by atoms with Crippen LogP contribution in [0.1, 0.15) is 11.1 Å². The van der Waals surface area contributed by atoms with E-state index in [0.717, 1.165) is 5.56 Å². The lowest BCUT2D eigenvalue weighted by molar-refractivity contribution is -0.129. The van der Waals surface area contributed by atoms with E-state index in [1.165, 1.54) is 0 Å². The molecule has 1 aromatic heterocycles. The van der Waals surface area contributed by atoms with Gasteiger partial charge >= 0.3 is 5.97 Å². The van der Waals surface area contributed by atoms with Gasteiger partial charge in [0.1, 0.15) is 11.5 Å². The molecule has 23 heavy (non-hydrogen) atoms. The summed E-state index contributed by atoms with van der Waals surface area (Å²) in [4.78, 5) is 20.2. The Morgan fingerprint density at radius 2 is 1.87 bits per heavy atom. The van der Waals surface area contributed by atoms with Crippen LogP contribution in [0.3, 0.4) is 0 Å². The second-order valence-electron chi connectivity index (χ2n) is 4.72. The van der Waals surface area contributed by atoms with Crippen LogP contribution in [0.2, 0.25) is 0 Å². The number of hydrogen-bond acceptors (Lipinski definition) is 6. The van der Waals surface area contributed by atoms with E-state index in [-0.39, 0.29) is 11.6 Å². The zero-order valence-electron chi connectivity index (χ0n) is 12.6. The minimum Gasteiger partial charge on any atom is -0.497 e. The second-order valence-corrected chi connectivity index (χ2v) is 4.72. The SMILES string of the molecule is COc1cc(OC)cc(C2=N/C(=C\c3cccnc3)C(=O)O2)c1. The third kappa shape index (κ3) is 3.21. The van der Waals surface area contributed by atoms with Gasteiger partial charge in [0.25, 0.3) is 0 Å². The molecule has 2 aromatic rings. The molecule has 0 N–H and O–H groups in total. The summed E-state index contributed by atoms with van der Waals surface area (Å²) in [5, 5.41) is 0. The molecular weight excluding hydrogens is 296 g/mol. The lowest BCUT2D eigenvalue weighted by Crippen LogP contribution is -2.06. The standard InChI is InChI=1S/C17H14N2O4/c1-21-13-7-12(8-14(9-13)22-2)16-19-15(17(20)23-16)6-11-4-3-5-18-10-11/h3-10H,1-2H3/b15-6-. The molecule has 116 valence electrons. The van der Waals surface area contributed by atoms with E-state index in [0.29, 0.717) is 17.1 Å². The van der Waals surface area contributed by atoms with Crippen molar-refractivity contribution in [2.45, 2.75) is 0 Å². The van der Waals surface area contributed by atoms with Gasteiger partial charge in [0.2, 0.25) is 5.90 Å². The Kier molecular flexibility index (Phi) is 4.05. The second kappa shape index (κ2) is 6.31. The van der Waals surface area contributed by atoms with Crippen molar-refractivity contribution in [1.29, 1.82) is 0 Å². The van der Waals surface area contributed by atoms with Crippen molar-refractivity contribution in [3.05, 3.63) is 59.5 Å². The molecule has 1 aromatic carbocycles. The lowest BCUT2D eigenvalue weighted by Gasteiger charge is -2.07. The van der Waals surface area contributed by atoms with Crippen molar-refractivity contribution >= 4 is 17.9 Å². The molecule has 0 bridgehead atoms. The molecule has 0 atom stereocenters. The van der Waals surface area contributed by atoms with E-state index in [2.05, 4.69) is 9.98 Å². The molecule has 2 heterocycles. The number of esters is 1. The highest BCUT2D eigenvalue weighted by atomic mass is 16.6. The maximum atomic E-state index is 12.0. The summed E-state index contributed by atoms with van der Waals surface area (Å²) >= 11 is 0. The molecule has 6 nitrogen and oxygen atoms in total. The molecule has 3 rings (SSSR count). The Hall–Kier alpha value is -3.15. The van der Waals surface area contributed by atoms with Gasteiger partial charge in [0.15, 0.2) is 5.70 Å². The Morgan fingerprint density at radius 1 is 1.13 bits per heavy atom. The Bertz CT molecular complexity index is 775. The number of aromatic nitrogens is 1. The quantitative estimate of drug-likeness (QED) is 0.641. The Labute approximate surface area is 133 Å². The summed E-state index contributed by atoms with van der Waals surface area (Å²) in [5.74, 6) is 0.874. The average molecular weight is 310 g/mol. The van der Waals surface area contributed by atoms with E-state index in [9.17, 15) is 4.79 Å². The van der Waals surface area contributed by atoms with Crippen molar-refractivity contribution in [2.24, 2.45) is 4.99 Å². The number of aliphatic imine (C=N–C) groups is 1. The number of rotatable bonds is 4. The summed E-state index contributed by atoms with van der Waals surface area (Å²) in [6.07, 6.45) is 4.92. The molecular formula is C17H14N2O4. The number of carbonyl (C=O) groups excluding carboxylic acids is 1. The smallest absolute Gasteiger partial charge is 0.363 e. The number of carbonyl (C=O) groups is 1. The number of methoxy groups -OCH3 is 2. The third-order valence-corrected chi connectivity index (χ3v) is 3.21. The van der Waals surface area contributed by atoms with Gasteiger partial charge in [-0.15, -0.1) is 0 Å². The molecule has 0 unspecified atom stereocenters. The third-order valence-electron chi connectivity index (χ3n) is 3.21. The molecule has 1 aliphatic rings. The summed E-state index contributed by atoms with van der Waals surface area (Å²) in [6.45, 7) is 0. The van der Waals surface area contributed by atoms with Gasteiger partial charge in [-0.25, -0.2) is 9.79 Å². The van der Waals surface area contributed by atoms with E-state index in [1.807, 2.05) is 6.07 Å². The number of ether oxygens (including phenoxy) is 3. The van der Waals surface area contributed by atoms with E-state index in [1.54, 1.807) is 57.0 Å². The fraction of sp³-hybridized carbons (Fsp3) is 0.118. The first kappa shape index (κ1) is 14.8. The van der Waals surface area contributed by atoms with Crippen LogP contribution in [-0.4, -0.2) is 31.1 Å². The summed E-state index contributed by atoms with van der Waals surface area (Å²) in [6, 6.07) is 8.79. The topological polar surface area (TPSA) is 70.0 Å². The highest BCUT2D eigenvalue weighted by molar-refractivity contribution is 6.13. The van der Waals surface area contributed by atoms with Gasteiger partial charge in [-0.2, -0.15) is 0 Å². The predicted molar refractivity (Wildman–Crippen MR) is 84.4 cm³/mol. The minimum atomic E-state index is -0.509. The van der Waals surface area contributed by atoms with E-state index in [4.69, 9.17) is 14.2 Å². The predicted octanol–water partition coefficient (Wildman–Crippen LogP) is 2.44. The van der Waals surface area contributed by atoms with Crippen LogP contribution in [0.5, 0.6) is 11.5 Å². The summed E-state index contributed by atoms with van der Waals surface area (Å²) < 4.78 is 15.7. The van der Waals surface area contributed by atoms with Gasteiger partial charge in [-0.1, -0.05) is 6.07 Å². The van der Waals surface area contributed by atoms with E-state index < -0.39 is 5.97 Å². The highest BCUT2D eigenvalue weighted by Crippen LogP contribution is 2.26. The molecule has 0 amide bonds. The van der Waals surface area contributed by atoms with Crippen LogP contribution < -0.4 is 9.47 Å². The molecule has 1 aliphatic heterocycles. The van der Waals surface area contributed by atoms with Crippen LogP contribution in [-0.2, 0) is 9.53 Å². The van der Waals surface area contributed by atoms with E-state index >= 15 is 0 Å². The number of pyridine rings is 1. The van der Waals surface area contributed by atoms with Crippen LogP contribution in [0.15, 0.2) is 53.4 Å². The number of cyclic esters (lactones) is 1. The molecule has 0 aliphatic carbocycles. The Morgan fingerprint density at radius 3 is 2.48 bits per heavy atom. The zero-order valence-corrected chi connectivity index (χ0v) is 12.6. The number of hydrogen-bond donors (Lipinski definition) is 0. The van der Waals surface area contributed by atoms with Gasteiger partial charge < -0.3 is 14.2 Å². The summed E-state index contributed by atoms with van der Waals surface area (Å²) in [7, 11) is 3.10. The highest BCUT2D eigenvalue weighted by Gasteiger charge is 2.25. The maximum Gasteiger partial charge on any atom is 0.363 e. The fourth-order valence-corrected chi connectivity index (χ4v) is 2.08. The number of benzene rings is 1. The number of nitrogens with zero attached hydrogens (tertiary/aromatic N) is 2. The fourth-order valence-electron chi connectivity index (χ4n) is 2.08. The Balaban J connectivity index is 1.97. The normalized spacial score (nSPS) is 15.3. The van der Waals surface area contributed by atoms with Crippen LogP contribution in [0.25, 0.3) is 6.08 Å². The maximum absolute atomic E-state index is 12.0. The average Bonchev–Trinajstić information content (AvgIpc) is 2.96. The van der Waals surface area contributed by atoms with Gasteiger partial charge in [0.05, 0.1) is 14.2 Å². The van der Waals surface area contributed by atoms with Crippen LogP contribution >= 0.6 is 0 Å². The van der Waals surface area contributed by atoms with Gasteiger partial charge in [0, 0.05) is 24.0 Å². The van der Waals surface area contributed by atoms with Crippen molar-refractivity contribution in [2.75, 3.05) is 14.2 Å². The molecule has 0 spiro atoms. The first-order chi connectivity index (χ1) is 11.2. The molecule has 6 heteroatoms. The van der Waals surface area contributed by atoms with Gasteiger partial charge in [-0.05, 0) is 29.8 Å². The first-order valence-electron chi connectivity index (χ1n) is 6.85. The molecule has 0 saturated carbocycles. The van der Waals surface area contributed by atoms with Crippen molar-refractivity contribution in [3.63, 3.8) is 0 Å². The molecule has 0 fully saturated rings. The van der Waals surface area contributed by atoms with Crippen molar-refractivity contribution in [1.82, 2.24) is 4.98 Å². The first-order valence-corrected chi connectivity index (χ1v) is 6.85. The van der Waals surface area contributed by atoms with Crippen molar-refractivity contribution in [3.8, 4) is 11.5 Å². The van der Waals surface area contributed by atoms with Crippen molar-refractivity contribution < 1.29 is 19.0 Å². The zero-order chi connectivity index (χ0) is 16.2. The van der Waals surface area contributed by atoms with Crippen LogP contribution in [0.4, 0.5) is 0 Å². The van der Waals surface area contributed by atoms with Gasteiger partial charge in [-0.3, -0.25) is 4.98 Å².